The van der Waals surface area contributed by atoms with Gasteiger partial charge in [-0.15, -0.1) is 0 Å². The van der Waals surface area contributed by atoms with E-state index in [1.807, 2.05) is 24.6 Å². The first kappa shape index (κ1) is 10.00. The number of aromatic nitrogens is 3. The van der Waals surface area contributed by atoms with Gasteiger partial charge in [0, 0.05) is 34.3 Å². The number of nitrogens with one attached hydrogen (secondary N) is 1. The van der Waals surface area contributed by atoms with E-state index in [1.54, 1.807) is 6.20 Å². The van der Waals surface area contributed by atoms with Gasteiger partial charge in [-0.3, -0.25) is 0 Å². The third-order valence-corrected chi connectivity index (χ3v) is 3.42. The van der Waals surface area contributed by atoms with E-state index in [0.29, 0.717) is 5.56 Å². The molecule has 0 atom stereocenters. The average molecular weight is 240 g/mol. The molecule has 0 fully saturated rings. The molecule has 3 aromatic heterocycles. The molecule has 5 heteroatoms. The molecule has 3 heterocycles. The Hall–Kier alpha value is -2.19. The summed E-state index contributed by atoms with van der Waals surface area (Å²) >= 11 is 1.43. The second-order valence-corrected chi connectivity index (χ2v) is 4.38. The van der Waals surface area contributed by atoms with Crippen LogP contribution < -0.4 is 0 Å². The van der Waals surface area contributed by atoms with Crippen molar-refractivity contribution in [2.24, 2.45) is 0 Å². The molecule has 3 rings (SSSR count). The van der Waals surface area contributed by atoms with E-state index in [-0.39, 0.29) is 0 Å². The lowest BCUT2D eigenvalue weighted by Gasteiger charge is -1.96. The van der Waals surface area contributed by atoms with Gasteiger partial charge in [0.25, 0.3) is 0 Å². The smallest absolute Gasteiger partial charge is 0.137 e. The van der Waals surface area contributed by atoms with Crippen LogP contribution in [0.1, 0.15) is 11.3 Å². The fraction of sp³-hybridized carbons (Fsp3) is 0.0833. The Bertz CT molecular complexity index is 732. The van der Waals surface area contributed by atoms with Crippen LogP contribution in [0.25, 0.3) is 22.2 Å². The van der Waals surface area contributed by atoms with Crippen LogP contribution >= 0.6 is 11.5 Å². The number of aromatic amines is 1. The highest BCUT2D eigenvalue weighted by Gasteiger charge is 2.11. The molecule has 82 valence electrons. The number of H-pyrrole nitrogens is 1. The minimum absolute atomic E-state index is 0.569. The van der Waals surface area contributed by atoms with E-state index in [2.05, 4.69) is 20.4 Å². The summed E-state index contributed by atoms with van der Waals surface area (Å²) < 4.78 is 4.26. The number of fused-ring (bicyclic) bond motifs is 1. The monoisotopic (exact) mass is 240 g/mol. The van der Waals surface area contributed by atoms with Crippen LogP contribution in [-0.2, 0) is 0 Å². The van der Waals surface area contributed by atoms with Crippen molar-refractivity contribution in [3.05, 3.63) is 35.1 Å². The summed E-state index contributed by atoms with van der Waals surface area (Å²) in [5.41, 5.74) is 4.51. The normalized spacial score (nSPS) is 10.6. The Morgan fingerprint density at radius 3 is 3.00 bits per heavy atom. The molecule has 0 bridgehead atoms. The third kappa shape index (κ3) is 1.50. The van der Waals surface area contributed by atoms with Crippen molar-refractivity contribution in [2.45, 2.75) is 6.92 Å². The summed E-state index contributed by atoms with van der Waals surface area (Å²) in [6.45, 7) is 1.98. The topological polar surface area (TPSA) is 65.4 Å². The fourth-order valence-corrected chi connectivity index (χ4v) is 2.55. The molecule has 0 radical (unpaired) electrons. The van der Waals surface area contributed by atoms with E-state index in [9.17, 15) is 0 Å². The van der Waals surface area contributed by atoms with E-state index in [4.69, 9.17) is 5.26 Å². The van der Waals surface area contributed by atoms with Crippen LogP contribution in [0, 0.1) is 18.3 Å². The maximum atomic E-state index is 8.90. The molecule has 0 aliphatic rings. The molecule has 0 saturated carbocycles. The lowest BCUT2D eigenvalue weighted by Crippen LogP contribution is -1.81. The third-order valence-electron chi connectivity index (χ3n) is 2.70. The van der Waals surface area contributed by atoms with Crippen LogP contribution in [-0.4, -0.2) is 14.3 Å². The molecule has 1 N–H and O–H groups in total. The zero-order valence-corrected chi connectivity index (χ0v) is 9.88. The molecule has 17 heavy (non-hydrogen) atoms. The highest BCUT2D eigenvalue weighted by Crippen LogP contribution is 2.31. The molecule has 0 saturated heterocycles. The Labute approximate surface area is 102 Å². The van der Waals surface area contributed by atoms with Crippen LogP contribution in [0.2, 0.25) is 0 Å². The largest absolute Gasteiger partial charge is 0.346 e. The molecule has 0 spiro atoms. The number of pyridine rings is 1. The summed E-state index contributed by atoms with van der Waals surface area (Å²) in [7, 11) is 0. The molecule has 0 aromatic carbocycles. The SMILES string of the molecule is Cc1nscc1-c1c[nH]c2ncc(C#N)cc12. The molecule has 4 nitrogen and oxygen atoms in total. The predicted molar refractivity (Wildman–Crippen MR) is 66.7 cm³/mol. The number of nitrogens with zero attached hydrogens (tertiary/aromatic N) is 3. The second kappa shape index (κ2) is 3.68. The second-order valence-electron chi connectivity index (χ2n) is 3.75. The minimum Gasteiger partial charge on any atom is -0.346 e. The fourth-order valence-electron chi connectivity index (χ4n) is 1.84. The standard InChI is InChI=1S/C12H8N4S/c1-7-11(6-17-16-7)10-5-15-12-9(10)2-8(3-13)4-14-12/h2,4-6H,1H3,(H,14,15). The first-order valence-corrected chi connectivity index (χ1v) is 5.92. The zero-order valence-electron chi connectivity index (χ0n) is 9.06. The Balaban J connectivity index is 2.31. The molecule has 0 aliphatic carbocycles. The van der Waals surface area contributed by atoms with Gasteiger partial charge in [0.15, 0.2) is 0 Å². The molecule has 0 unspecified atom stereocenters. The summed E-state index contributed by atoms with van der Waals surface area (Å²) in [4.78, 5) is 7.33. The molecule has 0 amide bonds. The summed E-state index contributed by atoms with van der Waals surface area (Å²) in [5.74, 6) is 0. The lowest BCUT2D eigenvalue weighted by atomic mass is 10.1. The maximum absolute atomic E-state index is 8.90. The van der Waals surface area contributed by atoms with Crippen LogP contribution in [0.15, 0.2) is 23.8 Å². The van der Waals surface area contributed by atoms with Gasteiger partial charge < -0.3 is 4.98 Å². The number of hydrogen-bond donors (Lipinski definition) is 1. The van der Waals surface area contributed by atoms with Gasteiger partial charge in [0.05, 0.1) is 11.3 Å². The van der Waals surface area contributed by atoms with E-state index < -0.39 is 0 Å². The first-order chi connectivity index (χ1) is 8.29. The van der Waals surface area contributed by atoms with Crippen LogP contribution in [0.4, 0.5) is 0 Å². The molecular weight excluding hydrogens is 232 g/mol. The number of aryl methyl sites for hydroxylation is 1. The predicted octanol–water partition coefficient (Wildman–Crippen LogP) is 2.87. The van der Waals surface area contributed by atoms with Gasteiger partial charge in [-0.25, -0.2) is 4.98 Å². The Kier molecular flexibility index (Phi) is 2.16. The number of hydrogen-bond acceptors (Lipinski definition) is 4. The lowest BCUT2D eigenvalue weighted by molar-refractivity contribution is 1.31. The van der Waals surface area contributed by atoms with Gasteiger partial charge in [0.1, 0.15) is 11.7 Å². The van der Waals surface area contributed by atoms with Crippen molar-refractivity contribution in [3.63, 3.8) is 0 Å². The van der Waals surface area contributed by atoms with Gasteiger partial charge >= 0.3 is 0 Å². The van der Waals surface area contributed by atoms with Crippen molar-refractivity contribution in [1.82, 2.24) is 14.3 Å². The Morgan fingerprint density at radius 2 is 2.29 bits per heavy atom. The average Bonchev–Trinajstić information content (AvgIpc) is 2.94. The van der Waals surface area contributed by atoms with Crippen molar-refractivity contribution < 1.29 is 0 Å². The van der Waals surface area contributed by atoms with E-state index in [1.165, 1.54) is 11.5 Å². The van der Waals surface area contributed by atoms with Crippen molar-refractivity contribution in [3.8, 4) is 17.2 Å². The van der Waals surface area contributed by atoms with E-state index >= 15 is 0 Å². The maximum Gasteiger partial charge on any atom is 0.137 e. The van der Waals surface area contributed by atoms with Crippen LogP contribution in [0.5, 0.6) is 0 Å². The highest BCUT2D eigenvalue weighted by atomic mass is 32.1. The van der Waals surface area contributed by atoms with Crippen molar-refractivity contribution in [2.75, 3.05) is 0 Å². The van der Waals surface area contributed by atoms with E-state index in [0.717, 1.165) is 27.9 Å². The summed E-state index contributed by atoms with van der Waals surface area (Å²) in [6.07, 6.45) is 3.48. The minimum atomic E-state index is 0.569. The number of rotatable bonds is 1. The molecule has 0 aliphatic heterocycles. The summed E-state index contributed by atoms with van der Waals surface area (Å²) in [5, 5.41) is 11.9. The molecule has 3 aromatic rings. The van der Waals surface area contributed by atoms with Crippen molar-refractivity contribution >= 4 is 22.6 Å². The summed E-state index contributed by atoms with van der Waals surface area (Å²) in [6, 6.07) is 3.96. The van der Waals surface area contributed by atoms with Gasteiger partial charge in [-0.05, 0) is 24.5 Å². The zero-order chi connectivity index (χ0) is 11.8. The van der Waals surface area contributed by atoms with Crippen molar-refractivity contribution in [1.29, 1.82) is 5.26 Å². The Morgan fingerprint density at radius 1 is 1.41 bits per heavy atom. The molecular formula is C12H8N4S. The van der Waals surface area contributed by atoms with Crippen LogP contribution in [0.3, 0.4) is 0 Å². The quantitative estimate of drug-likeness (QED) is 0.711. The van der Waals surface area contributed by atoms with Gasteiger partial charge in [-0.2, -0.15) is 9.64 Å². The van der Waals surface area contributed by atoms with Gasteiger partial charge in [-0.1, -0.05) is 0 Å². The highest BCUT2D eigenvalue weighted by molar-refractivity contribution is 7.04. The number of nitriles is 1. The first-order valence-electron chi connectivity index (χ1n) is 5.08. The van der Waals surface area contributed by atoms with Gasteiger partial charge in [0.2, 0.25) is 0 Å².